The van der Waals surface area contributed by atoms with Crippen molar-refractivity contribution in [3.05, 3.63) is 41.1 Å². The van der Waals surface area contributed by atoms with Crippen LogP contribution in [0.4, 0.5) is 0 Å². The van der Waals surface area contributed by atoms with Gasteiger partial charge in [-0.25, -0.2) is 9.59 Å². The van der Waals surface area contributed by atoms with Gasteiger partial charge in [0, 0.05) is 17.5 Å². The summed E-state index contributed by atoms with van der Waals surface area (Å²) < 4.78 is 10.6. The fraction of sp³-hybridized carbons (Fsp3) is 0.450. The molecule has 0 spiro atoms. The number of aromatic nitrogens is 1. The molecule has 1 fully saturated rings. The fourth-order valence-corrected chi connectivity index (χ4v) is 3.80. The molecule has 1 aliphatic carbocycles. The third-order valence-electron chi connectivity index (χ3n) is 5.09. The SMILES string of the molecule is CC1CCc2nc3ccccc3c(C(=O)OC3CC(C)OC3=O)c2C1. The number of para-hydroxylation sites is 1. The molecule has 0 bridgehead atoms. The minimum atomic E-state index is -0.814. The van der Waals surface area contributed by atoms with E-state index >= 15 is 0 Å². The molecule has 130 valence electrons. The van der Waals surface area contributed by atoms with Crippen molar-refractivity contribution in [3.8, 4) is 0 Å². The zero-order valence-corrected chi connectivity index (χ0v) is 14.5. The standard InChI is InChI=1S/C20H21NO4/c1-11-7-8-16-14(9-11)18(13-5-3-4-6-15(13)21-16)20(23)25-17-10-12(2)24-19(17)22/h3-6,11-12,17H,7-10H2,1-2H3. The summed E-state index contributed by atoms with van der Waals surface area (Å²) >= 11 is 0. The van der Waals surface area contributed by atoms with E-state index in [1.807, 2.05) is 24.3 Å². The van der Waals surface area contributed by atoms with Gasteiger partial charge in [-0.05, 0) is 43.7 Å². The van der Waals surface area contributed by atoms with Crippen molar-refractivity contribution >= 4 is 22.8 Å². The van der Waals surface area contributed by atoms with Crippen LogP contribution >= 0.6 is 0 Å². The Hall–Kier alpha value is -2.43. The second-order valence-corrected chi connectivity index (χ2v) is 7.15. The number of fused-ring (bicyclic) bond motifs is 2. The number of cyclic esters (lactones) is 1. The molecule has 5 nitrogen and oxygen atoms in total. The van der Waals surface area contributed by atoms with Crippen LogP contribution in [0.15, 0.2) is 24.3 Å². The van der Waals surface area contributed by atoms with Crippen molar-refractivity contribution in [1.29, 1.82) is 0 Å². The number of hydrogen-bond acceptors (Lipinski definition) is 5. The Labute approximate surface area is 146 Å². The number of esters is 2. The lowest BCUT2D eigenvalue weighted by Crippen LogP contribution is -2.25. The minimum absolute atomic E-state index is 0.214. The molecule has 3 unspecified atom stereocenters. The molecule has 2 heterocycles. The highest BCUT2D eigenvalue weighted by Crippen LogP contribution is 2.32. The zero-order valence-electron chi connectivity index (χ0n) is 14.5. The minimum Gasteiger partial charge on any atom is -0.460 e. The van der Waals surface area contributed by atoms with Crippen molar-refractivity contribution in [2.24, 2.45) is 5.92 Å². The Balaban J connectivity index is 1.78. The molecule has 0 radical (unpaired) electrons. The van der Waals surface area contributed by atoms with Crippen LogP contribution in [0.5, 0.6) is 0 Å². The third-order valence-corrected chi connectivity index (χ3v) is 5.09. The van der Waals surface area contributed by atoms with Crippen molar-refractivity contribution in [1.82, 2.24) is 4.98 Å². The maximum Gasteiger partial charge on any atom is 0.347 e. The Kier molecular flexibility index (Phi) is 3.94. The van der Waals surface area contributed by atoms with E-state index in [4.69, 9.17) is 14.5 Å². The monoisotopic (exact) mass is 339 g/mol. The molecule has 4 rings (SSSR count). The summed E-state index contributed by atoms with van der Waals surface area (Å²) in [5, 5.41) is 0.791. The van der Waals surface area contributed by atoms with Gasteiger partial charge in [-0.2, -0.15) is 0 Å². The number of hydrogen-bond donors (Lipinski definition) is 0. The van der Waals surface area contributed by atoms with Crippen LogP contribution in [-0.2, 0) is 27.1 Å². The van der Waals surface area contributed by atoms with Gasteiger partial charge in [0.1, 0.15) is 6.10 Å². The molecule has 0 amide bonds. The maximum atomic E-state index is 13.0. The molecule has 3 atom stereocenters. The number of nitrogens with zero attached hydrogens (tertiary/aromatic N) is 1. The molecule has 5 heteroatoms. The second-order valence-electron chi connectivity index (χ2n) is 7.15. The summed E-state index contributed by atoms with van der Waals surface area (Å²) in [7, 11) is 0. The number of rotatable bonds is 2. The van der Waals surface area contributed by atoms with Gasteiger partial charge >= 0.3 is 11.9 Å². The van der Waals surface area contributed by atoms with E-state index < -0.39 is 18.0 Å². The molecule has 1 aromatic carbocycles. The smallest absolute Gasteiger partial charge is 0.347 e. The van der Waals surface area contributed by atoms with E-state index in [2.05, 4.69) is 6.92 Å². The van der Waals surface area contributed by atoms with Crippen LogP contribution in [0.25, 0.3) is 10.9 Å². The highest BCUT2D eigenvalue weighted by atomic mass is 16.6. The number of benzene rings is 1. The first kappa shape index (κ1) is 16.1. The van der Waals surface area contributed by atoms with Crippen molar-refractivity contribution in [3.63, 3.8) is 0 Å². The van der Waals surface area contributed by atoms with Gasteiger partial charge < -0.3 is 9.47 Å². The van der Waals surface area contributed by atoms with E-state index in [1.165, 1.54) is 0 Å². The number of ether oxygens (including phenoxy) is 2. The Morgan fingerprint density at radius 2 is 2.08 bits per heavy atom. The molecule has 1 aromatic heterocycles. The highest BCUT2D eigenvalue weighted by molar-refractivity contribution is 6.05. The molecule has 1 saturated heterocycles. The lowest BCUT2D eigenvalue weighted by atomic mass is 9.84. The number of carbonyl (C=O) groups excluding carboxylic acids is 2. The van der Waals surface area contributed by atoms with Gasteiger partial charge in [0.05, 0.1) is 11.1 Å². The molecule has 0 saturated carbocycles. The van der Waals surface area contributed by atoms with Gasteiger partial charge in [0.2, 0.25) is 6.10 Å². The Bertz CT molecular complexity index is 860. The van der Waals surface area contributed by atoms with Crippen molar-refractivity contribution < 1.29 is 19.1 Å². The molecular weight excluding hydrogens is 318 g/mol. The summed E-state index contributed by atoms with van der Waals surface area (Å²) in [6, 6.07) is 7.62. The number of aryl methyl sites for hydroxylation is 1. The molecular formula is C20H21NO4. The second kappa shape index (κ2) is 6.14. The van der Waals surface area contributed by atoms with Crippen LogP contribution in [0.2, 0.25) is 0 Å². The average Bonchev–Trinajstić information content (AvgIpc) is 2.89. The van der Waals surface area contributed by atoms with Crippen LogP contribution in [-0.4, -0.2) is 29.1 Å². The van der Waals surface area contributed by atoms with E-state index in [0.717, 1.165) is 41.4 Å². The Morgan fingerprint density at radius 1 is 1.28 bits per heavy atom. The number of carbonyl (C=O) groups is 2. The lowest BCUT2D eigenvalue weighted by molar-refractivity contribution is -0.147. The normalized spacial score (nSPS) is 25.5. The zero-order chi connectivity index (χ0) is 17.6. The first-order chi connectivity index (χ1) is 12.0. The molecule has 0 N–H and O–H groups in total. The first-order valence-corrected chi connectivity index (χ1v) is 8.85. The summed E-state index contributed by atoms with van der Waals surface area (Å²) in [6.07, 6.45) is 2.12. The van der Waals surface area contributed by atoms with E-state index in [-0.39, 0.29) is 6.10 Å². The van der Waals surface area contributed by atoms with Crippen LogP contribution in [0.3, 0.4) is 0 Å². The predicted molar refractivity (Wildman–Crippen MR) is 92.3 cm³/mol. The maximum absolute atomic E-state index is 13.0. The topological polar surface area (TPSA) is 65.5 Å². The summed E-state index contributed by atoms with van der Waals surface area (Å²) in [4.78, 5) is 29.6. The lowest BCUT2D eigenvalue weighted by Gasteiger charge is -2.24. The van der Waals surface area contributed by atoms with Crippen molar-refractivity contribution in [2.45, 2.75) is 51.7 Å². The van der Waals surface area contributed by atoms with Crippen LogP contribution in [0, 0.1) is 5.92 Å². The van der Waals surface area contributed by atoms with Crippen molar-refractivity contribution in [2.75, 3.05) is 0 Å². The predicted octanol–water partition coefficient (Wildman–Crippen LogP) is 3.22. The van der Waals surface area contributed by atoms with Gasteiger partial charge in [-0.1, -0.05) is 25.1 Å². The average molecular weight is 339 g/mol. The quantitative estimate of drug-likeness (QED) is 0.786. The molecule has 2 aromatic rings. The first-order valence-electron chi connectivity index (χ1n) is 8.85. The Morgan fingerprint density at radius 3 is 2.84 bits per heavy atom. The summed E-state index contributed by atoms with van der Waals surface area (Å²) in [5.41, 5.74) is 3.32. The van der Waals surface area contributed by atoms with Crippen LogP contribution in [0.1, 0.15) is 48.3 Å². The van der Waals surface area contributed by atoms with E-state index in [9.17, 15) is 9.59 Å². The molecule has 25 heavy (non-hydrogen) atoms. The van der Waals surface area contributed by atoms with E-state index in [0.29, 0.717) is 17.9 Å². The molecule has 2 aliphatic rings. The highest BCUT2D eigenvalue weighted by Gasteiger charge is 2.36. The van der Waals surface area contributed by atoms with Gasteiger partial charge in [-0.3, -0.25) is 4.98 Å². The van der Waals surface area contributed by atoms with E-state index in [1.54, 1.807) is 6.92 Å². The molecule has 1 aliphatic heterocycles. The third kappa shape index (κ3) is 2.88. The fourth-order valence-electron chi connectivity index (χ4n) is 3.80. The van der Waals surface area contributed by atoms with Gasteiger partial charge in [0.25, 0.3) is 0 Å². The van der Waals surface area contributed by atoms with Gasteiger partial charge in [0.15, 0.2) is 0 Å². The summed E-state index contributed by atoms with van der Waals surface area (Å²) in [6.45, 7) is 3.99. The number of pyridine rings is 1. The van der Waals surface area contributed by atoms with Gasteiger partial charge in [-0.15, -0.1) is 0 Å². The van der Waals surface area contributed by atoms with Crippen LogP contribution < -0.4 is 0 Å². The summed E-state index contributed by atoms with van der Waals surface area (Å²) in [5.74, 6) is -0.403. The largest absolute Gasteiger partial charge is 0.460 e.